The highest BCUT2D eigenvalue weighted by atomic mass is 79.9. The minimum atomic E-state index is -0.251. The number of para-hydroxylation sites is 1. The highest BCUT2D eigenvalue weighted by Crippen LogP contribution is 2.25. The fourth-order valence-corrected chi connectivity index (χ4v) is 3.02. The van der Waals surface area contributed by atoms with Crippen LogP contribution in [0.5, 0.6) is 17.2 Å². The monoisotopic (exact) mass is 455 g/mol. The zero-order chi connectivity index (χ0) is 20.5. The topological polar surface area (TPSA) is 56.8 Å². The molecule has 0 unspecified atom stereocenters. The first-order valence-electron chi connectivity index (χ1n) is 9.30. The molecule has 0 heterocycles. The summed E-state index contributed by atoms with van der Waals surface area (Å²) >= 11 is 3.40. The van der Waals surface area contributed by atoms with Crippen molar-refractivity contribution in [3.63, 3.8) is 0 Å². The van der Waals surface area contributed by atoms with Crippen molar-refractivity contribution in [2.24, 2.45) is 0 Å². The fourth-order valence-electron chi connectivity index (χ4n) is 2.66. The van der Waals surface area contributed by atoms with Gasteiger partial charge in [0.05, 0.1) is 12.2 Å². The van der Waals surface area contributed by atoms with Gasteiger partial charge in [0, 0.05) is 16.2 Å². The van der Waals surface area contributed by atoms with Crippen LogP contribution in [0.3, 0.4) is 0 Å². The molecule has 0 atom stereocenters. The van der Waals surface area contributed by atoms with Gasteiger partial charge in [-0.25, -0.2) is 0 Å². The van der Waals surface area contributed by atoms with Crippen LogP contribution >= 0.6 is 15.9 Å². The van der Waals surface area contributed by atoms with Crippen LogP contribution in [0.2, 0.25) is 0 Å². The van der Waals surface area contributed by atoms with Gasteiger partial charge >= 0.3 is 0 Å². The summed E-state index contributed by atoms with van der Waals surface area (Å²) in [4.78, 5) is 12.7. The molecule has 1 amide bonds. The Labute approximate surface area is 178 Å². The predicted octanol–water partition coefficient (Wildman–Crippen LogP) is 5.56. The van der Waals surface area contributed by atoms with Crippen LogP contribution in [0.25, 0.3) is 0 Å². The molecule has 0 saturated heterocycles. The SMILES string of the molecule is CCOc1ccc(Br)cc1C(=O)Nc1cccc(OCCOc2ccccc2)c1. The number of nitrogens with one attached hydrogen (secondary N) is 1. The van der Waals surface area contributed by atoms with Crippen LogP contribution < -0.4 is 19.5 Å². The summed E-state index contributed by atoms with van der Waals surface area (Å²) in [6, 6.07) is 22.2. The van der Waals surface area contributed by atoms with Gasteiger partial charge in [-0.3, -0.25) is 4.79 Å². The quantitative estimate of drug-likeness (QED) is 0.429. The maximum atomic E-state index is 12.7. The number of benzene rings is 3. The molecule has 1 N–H and O–H groups in total. The molecule has 3 rings (SSSR count). The Bertz CT molecular complexity index is 947. The van der Waals surface area contributed by atoms with Gasteiger partial charge in [0.1, 0.15) is 30.5 Å². The average Bonchev–Trinajstić information content (AvgIpc) is 2.74. The van der Waals surface area contributed by atoms with Gasteiger partial charge in [-0.2, -0.15) is 0 Å². The first kappa shape index (κ1) is 20.7. The Morgan fingerprint density at radius 3 is 2.34 bits per heavy atom. The molecule has 5 nitrogen and oxygen atoms in total. The van der Waals surface area contributed by atoms with Crippen LogP contribution in [0.4, 0.5) is 5.69 Å². The van der Waals surface area contributed by atoms with Crippen LogP contribution in [-0.2, 0) is 0 Å². The Balaban J connectivity index is 1.58. The molecule has 0 bridgehead atoms. The molecule has 0 aliphatic carbocycles. The van der Waals surface area contributed by atoms with Gasteiger partial charge in [0.2, 0.25) is 0 Å². The normalized spacial score (nSPS) is 10.3. The van der Waals surface area contributed by atoms with Gasteiger partial charge in [-0.15, -0.1) is 0 Å². The van der Waals surface area contributed by atoms with E-state index in [9.17, 15) is 4.79 Å². The molecule has 150 valence electrons. The first-order chi connectivity index (χ1) is 14.2. The molecule has 3 aromatic rings. The first-order valence-corrected chi connectivity index (χ1v) is 10.1. The van der Waals surface area contributed by atoms with E-state index in [1.807, 2.05) is 61.5 Å². The third-order valence-corrected chi connectivity index (χ3v) is 4.44. The van der Waals surface area contributed by atoms with E-state index >= 15 is 0 Å². The smallest absolute Gasteiger partial charge is 0.259 e. The summed E-state index contributed by atoms with van der Waals surface area (Å²) in [5.74, 6) is 1.74. The minimum Gasteiger partial charge on any atom is -0.493 e. The summed E-state index contributed by atoms with van der Waals surface area (Å²) in [5, 5.41) is 2.89. The third-order valence-electron chi connectivity index (χ3n) is 3.94. The maximum Gasteiger partial charge on any atom is 0.259 e. The van der Waals surface area contributed by atoms with Crippen LogP contribution in [-0.4, -0.2) is 25.7 Å². The predicted molar refractivity (Wildman–Crippen MR) is 117 cm³/mol. The zero-order valence-electron chi connectivity index (χ0n) is 16.1. The maximum absolute atomic E-state index is 12.7. The third kappa shape index (κ3) is 6.26. The summed E-state index contributed by atoms with van der Waals surface area (Å²) in [5.41, 5.74) is 1.10. The summed E-state index contributed by atoms with van der Waals surface area (Å²) < 4.78 is 17.7. The molecule has 0 aliphatic heterocycles. The van der Waals surface area contributed by atoms with Crippen LogP contribution in [0, 0.1) is 0 Å². The van der Waals surface area contributed by atoms with E-state index in [0.717, 1.165) is 10.2 Å². The lowest BCUT2D eigenvalue weighted by atomic mass is 10.2. The second-order valence-electron chi connectivity index (χ2n) is 6.07. The molecule has 3 aromatic carbocycles. The molecule has 0 spiro atoms. The Kier molecular flexibility index (Phi) is 7.53. The van der Waals surface area contributed by atoms with Crippen molar-refractivity contribution in [1.82, 2.24) is 0 Å². The molecular formula is C23H22BrNO4. The minimum absolute atomic E-state index is 0.251. The Hall–Kier alpha value is -2.99. The Morgan fingerprint density at radius 2 is 1.59 bits per heavy atom. The zero-order valence-corrected chi connectivity index (χ0v) is 17.6. The lowest BCUT2D eigenvalue weighted by Crippen LogP contribution is -2.14. The highest BCUT2D eigenvalue weighted by Gasteiger charge is 2.14. The molecule has 29 heavy (non-hydrogen) atoms. The standard InChI is InChI=1S/C23H22BrNO4/c1-2-27-22-12-11-17(24)15-21(22)23(26)25-18-7-6-10-20(16-18)29-14-13-28-19-8-4-3-5-9-19/h3-12,15-16H,2,13-14H2,1H3,(H,25,26). The molecule has 0 aliphatic rings. The highest BCUT2D eigenvalue weighted by molar-refractivity contribution is 9.10. The number of rotatable bonds is 9. The van der Waals surface area contributed by atoms with E-state index < -0.39 is 0 Å². The summed E-state index contributed by atoms with van der Waals surface area (Å²) in [6.45, 7) is 3.19. The van der Waals surface area contributed by atoms with E-state index in [4.69, 9.17) is 14.2 Å². The molecule has 0 saturated carbocycles. The average molecular weight is 456 g/mol. The summed E-state index contributed by atoms with van der Waals surface area (Å²) in [7, 11) is 0. The lowest BCUT2D eigenvalue weighted by Gasteiger charge is -2.12. The van der Waals surface area contributed by atoms with E-state index in [1.165, 1.54) is 0 Å². The van der Waals surface area contributed by atoms with Gasteiger partial charge in [-0.05, 0) is 49.4 Å². The number of hydrogen-bond acceptors (Lipinski definition) is 4. The van der Waals surface area contributed by atoms with E-state index in [2.05, 4.69) is 21.2 Å². The molecule has 0 aromatic heterocycles. The van der Waals surface area contributed by atoms with Crippen molar-refractivity contribution < 1.29 is 19.0 Å². The lowest BCUT2D eigenvalue weighted by molar-refractivity contribution is 0.102. The largest absolute Gasteiger partial charge is 0.493 e. The number of ether oxygens (including phenoxy) is 3. The molecule has 6 heteroatoms. The van der Waals surface area contributed by atoms with Crippen molar-refractivity contribution in [3.8, 4) is 17.2 Å². The number of carbonyl (C=O) groups is 1. The number of anilines is 1. The van der Waals surface area contributed by atoms with Crippen LogP contribution in [0.15, 0.2) is 77.3 Å². The molecular weight excluding hydrogens is 434 g/mol. The van der Waals surface area contributed by atoms with Crippen molar-refractivity contribution in [2.45, 2.75) is 6.92 Å². The van der Waals surface area contributed by atoms with Crippen molar-refractivity contribution in [2.75, 3.05) is 25.1 Å². The number of halogens is 1. The fraction of sp³-hybridized carbons (Fsp3) is 0.174. The number of carbonyl (C=O) groups excluding carboxylic acids is 1. The van der Waals surface area contributed by atoms with Crippen molar-refractivity contribution in [3.05, 3.63) is 82.8 Å². The summed E-state index contributed by atoms with van der Waals surface area (Å²) in [6.07, 6.45) is 0. The van der Waals surface area contributed by atoms with E-state index in [1.54, 1.807) is 18.2 Å². The number of hydrogen-bond donors (Lipinski definition) is 1. The van der Waals surface area contributed by atoms with Crippen LogP contribution in [0.1, 0.15) is 17.3 Å². The van der Waals surface area contributed by atoms with E-state index in [-0.39, 0.29) is 5.91 Å². The van der Waals surface area contributed by atoms with Crippen molar-refractivity contribution in [1.29, 1.82) is 0 Å². The Morgan fingerprint density at radius 1 is 0.862 bits per heavy atom. The van der Waals surface area contributed by atoms with Crippen molar-refractivity contribution >= 4 is 27.5 Å². The van der Waals surface area contributed by atoms with Gasteiger partial charge in [-0.1, -0.05) is 40.2 Å². The molecule has 0 radical (unpaired) electrons. The van der Waals surface area contributed by atoms with Gasteiger partial charge < -0.3 is 19.5 Å². The van der Waals surface area contributed by atoms with Gasteiger partial charge in [0.25, 0.3) is 5.91 Å². The van der Waals surface area contributed by atoms with E-state index in [0.29, 0.717) is 42.6 Å². The molecule has 0 fully saturated rings. The second-order valence-corrected chi connectivity index (χ2v) is 6.98. The second kappa shape index (κ2) is 10.5. The van der Waals surface area contributed by atoms with Gasteiger partial charge in [0.15, 0.2) is 0 Å². The number of amides is 1.